The van der Waals surface area contributed by atoms with E-state index < -0.39 is 0 Å². The molecule has 1 atom stereocenters. The summed E-state index contributed by atoms with van der Waals surface area (Å²) in [5.41, 5.74) is 3.39. The molecule has 128 valence electrons. The van der Waals surface area contributed by atoms with Crippen LogP contribution in [0.5, 0.6) is 0 Å². The Hall–Kier alpha value is -2.89. The smallest absolute Gasteiger partial charge is 0.252 e. The van der Waals surface area contributed by atoms with Crippen LogP contribution in [0, 0.1) is 12.8 Å². The van der Waals surface area contributed by atoms with E-state index in [1.807, 2.05) is 19.1 Å². The fourth-order valence-electron chi connectivity index (χ4n) is 3.36. The van der Waals surface area contributed by atoms with Crippen molar-refractivity contribution < 1.29 is 4.79 Å². The number of pyridine rings is 1. The van der Waals surface area contributed by atoms with Gasteiger partial charge in [0, 0.05) is 42.6 Å². The van der Waals surface area contributed by atoms with Crippen LogP contribution >= 0.6 is 0 Å². The van der Waals surface area contributed by atoms with Crippen molar-refractivity contribution in [1.82, 2.24) is 20.5 Å². The molecule has 2 N–H and O–H groups in total. The highest BCUT2D eigenvalue weighted by Gasteiger charge is 2.23. The number of nitrogens with zero attached hydrogens (tertiary/aromatic N) is 3. The van der Waals surface area contributed by atoms with Crippen molar-refractivity contribution in [2.45, 2.75) is 13.3 Å². The Bertz CT molecular complexity index is 889. The number of carbonyl (C=O) groups is 1. The zero-order valence-electron chi connectivity index (χ0n) is 14.2. The van der Waals surface area contributed by atoms with Gasteiger partial charge in [0.15, 0.2) is 5.65 Å². The van der Waals surface area contributed by atoms with E-state index in [9.17, 15) is 4.79 Å². The Morgan fingerprint density at radius 1 is 1.36 bits per heavy atom. The van der Waals surface area contributed by atoms with E-state index in [1.165, 1.54) is 5.69 Å². The Morgan fingerprint density at radius 3 is 3.04 bits per heavy atom. The molecule has 3 aromatic rings. The maximum absolute atomic E-state index is 12.4. The molecule has 1 saturated heterocycles. The molecule has 6 heteroatoms. The number of carbonyl (C=O) groups excluding carboxylic acids is 1. The van der Waals surface area contributed by atoms with Crippen LogP contribution in [0.2, 0.25) is 0 Å². The zero-order chi connectivity index (χ0) is 17.2. The lowest BCUT2D eigenvalue weighted by atomic mass is 10.1. The normalized spacial score (nSPS) is 17.2. The highest BCUT2D eigenvalue weighted by atomic mass is 16.1. The third-order valence-corrected chi connectivity index (χ3v) is 4.82. The maximum Gasteiger partial charge on any atom is 0.252 e. The fraction of sp³-hybridized carbons (Fsp3) is 0.316. The number of rotatable bonds is 4. The van der Waals surface area contributed by atoms with Gasteiger partial charge in [0.2, 0.25) is 0 Å². The number of hydrogen-bond acceptors (Lipinski definition) is 4. The second-order valence-corrected chi connectivity index (χ2v) is 6.59. The predicted octanol–water partition coefficient (Wildman–Crippen LogP) is 2.52. The Morgan fingerprint density at radius 2 is 2.20 bits per heavy atom. The number of fused-ring (bicyclic) bond motifs is 1. The van der Waals surface area contributed by atoms with E-state index in [2.05, 4.69) is 49.7 Å². The maximum atomic E-state index is 12.4. The lowest BCUT2D eigenvalue weighted by Gasteiger charge is -2.18. The van der Waals surface area contributed by atoms with Gasteiger partial charge in [0.25, 0.3) is 5.91 Å². The molecular weight excluding hydrogens is 314 g/mol. The molecule has 1 aliphatic heterocycles. The molecule has 2 aromatic heterocycles. The molecule has 0 bridgehead atoms. The number of benzene rings is 1. The lowest BCUT2D eigenvalue weighted by molar-refractivity contribution is 0.0948. The van der Waals surface area contributed by atoms with Gasteiger partial charge in [0.1, 0.15) is 0 Å². The molecule has 4 rings (SSSR count). The van der Waals surface area contributed by atoms with E-state index in [-0.39, 0.29) is 5.91 Å². The van der Waals surface area contributed by atoms with Crippen LogP contribution in [-0.4, -0.2) is 40.7 Å². The molecule has 3 heterocycles. The molecular formula is C19H21N5O. The molecule has 1 aliphatic rings. The minimum absolute atomic E-state index is 0.0758. The highest BCUT2D eigenvalue weighted by molar-refractivity contribution is 5.97. The second-order valence-electron chi connectivity index (χ2n) is 6.59. The molecule has 6 nitrogen and oxygen atoms in total. The summed E-state index contributed by atoms with van der Waals surface area (Å²) in [5.74, 6) is 0.393. The Labute approximate surface area is 146 Å². The molecule has 0 spiro atoms. The third-order valence-electron chi connectivity index (χ3n) is 4.82. The first-order valence-electron chi connectivity index (χ1n) is 8.59. The fourth-order valence-corrected chi connectivity index (χ4v) is 3.36. The van der Waals surface area contributed by atoms with Crippen LogP contribution in [0.3, 0.4) is 0 Å². The van der Waals surface area contributed by atoms with Gasteiger partial charge in [-0.15, -0.1) is 0 Å². The van der Waals surface area contributed by atoms with Crippen LogP contribution in [0.15, 0.2) is 42.6 Å². The van der Waals surface area contributed by atoms with Gasteiger partial charge >= 0.3 is 0 Å². The number of amides is 1. The Balaban J connectivity index is 1.36. The predicted molar refractivity (Wildman–Crippen MR) is 97.7 cm³/mol. The molecule has 1 fully saturated rings. The molecule has 1 unspecified atom stereocenters. The van der Waals surface area contributed by atoms with Crippen molar-refractivity contribution in [2.75, 3.05) is 24.5 Å². The van der Waals surface area contributed by atoms with Crippen LogP contribution < -0.4 is 10.2 Å². The van der Waals surface area contributed by atoms with Gasteiger partial charge in [-0.05, 0) is 37.5 Å². The third kappa shape index (κ3) is 3.20. The first kappa shape index (κ1) is 15.6. The minimum atomic E-state index is -0.0758. The summed E-state index contributed by atoms with van der Waals surface area (Å²) >= 11 is 0. The molecule has 0 radical (unpaired) electrons. The van der Waals surface area contributed by atoms with Crippen LogP contribution in [0.4, 0.5) is 5.69 Å². The van der Waals surface area contributed by atoms with Gasteiger partial charge in [0.05, 0.1) is 5.56 Å². The lowest BCUT2D eigenvalue weighted by Crippen LogP contribution is -2.31. The summed E-state index contributed by atoms with van der Waals surface area (Å²) in [5, 5.41) is 10.9. The average Bonchev–Trinajstić information content (AvgIpc) is 3.27. The Kier molecular flexibility index (Phi) is 4.09. The quantitative estimate of drug-likeness (QED) is 0.768. The second kappa shape index (κ2) is 6.55. The number of aryl methyl sites for hydroxylation is 1. The van der Waals surface area contributed by atoms with E-state index in [0.29, 0.717) is 23.7 Å². The number of aromatic nitrogens is 3. The van der Waals surface area contributed by atoms with Crippen molar-refractivity contribution in [2.24, 2.45) is 5.92 Å². The van der Waals surface area contributed by atoms with Gasteiger partial charge in [-0.25, -0.2) is 4.98 Å². The number of hydrogen-bond donors (Lipinski definition) is 2. The summed E-state index contributed by atoms with van der Waals surface area (Å²) in [6, 6.07) is 12.3. The number of aromatic amines is 1. The first-order chi connectivity index (χ1) is 12.2. The topological polar surface area (TPSA) is 73.9 Å². The molecule has 0 saturated carbocycles. The first-order valence-corrected chi connectivity index (χ1v) is 8.59. The number of H-pyrrole nitrogens is 1. The van der Waals surface area contributed by atoms with E-state index in [4.69, 9.17) is 0 Å². The van der Waals surface area contributed by atoms with Gasteiger partial charge < -0.3 is 10.2 Å². The number of para-hydroxylation sites is 1. The molecule has 25 heavy (non-hydrogen) atoms. The van der Waals surface area contributed by atoms with Crippen molar-refractivity contribution in [3.05, 3.63) is 53.9 Å². The molecule has 1 amide bonds. The summed E-state index contributed by atoms with van der Waals surface area (Å²) in [7, 11) is 0. The standard InChI is InChI=1S/C19H21N5O/c1-13-17-9-15(11-20-18(17)23-22-13)19(25)21-10-14-7-8-24(12-14)16-5-3-2-4-6-16/h2-6,9,11,14H,7-8,10,12H2,1H3,(H,21,25)(H,20,22,23). The van der Waals surface area contributed by atoms with E-state index >= 15 is 0 Å². The van der Waals surface area contributed by atoms with Gasteiger partial charge in [-0.2, -0.15) is 5.10 Å². The van der Waals surface area contributed by atoms with Crippen LogP contribution in [0.25, 0.3) is 11.0 Å². The van der Waals surface area contributed by atoms with Crippen LogP contribution in [0.1, 0.15) is 22.5 Å². The zero-order valence-corrected chi connectivity index (χ0v) is 14.2. The van der Waals surface area contributed by atoms with E-state index in [0.717, 1.165) is 30.6 Å². The van der Waals surface area contributed by atoms with Crippen molar-refractivity contribution in [3.8, 4) is 0 Å². The summed E-state index contributed by atoms with van der Waals surface area (Å²) in [6.07, 6.45) is 2.68. The van der Waals surface area contributed by atoms with Gasteiger partial charge in [-0.3, -0.25) is 9.89 Å². The van der Waals surface area contributed by atoms with Crippen LogP contribution in [-0.2, 0) is 0 Å². The largest absolute Gasteiger partial charge is 0.371 e. The van der Waals surface area contributed by atoms with Crippen molar-refractivity contribution in [3.63, 3.8) is 0 Å². The van der Waals surface area contributed by atoms with Crippen molar-refractivity contribution in [1.29, 1.82) is 0 Å². The summed E-state index contributed by atoms with van der Waals surface area (Å²) in [6.45, 7) is 4.62. The van der Waals surface area contributed by atoms with E-state index in [1.54, 1.807) is 6.20 Å². The molecule has 1 aromatic carbocycles. The monoisotopic (exact) mass is 335 g/mol. The summed E-state index contributed by atoms with van der Waals surface area (Å²) < 4.78 is 0. The number of nitrogens with one attached hydrogen (secondary N) is 2. The van der Waals surface area contributed by atoms with Gasteiger partial charge in [-0.1, -0.05) is 18.2 Å². The highest BCUT2D eigenvalue weighted by Crippen LogP contribution is 2.23. The minimum Gasteiger partial charge on any atom is -0.371 e. The van der Waals surface area contributed by atoms with Crippen molar-refractivity contribution >= 4 is 22.6 Å². The molecule has 0 aliphatic carbocycles. The SMILES string of the molecule is Cc1[nH]nc2ncc(C(=O)NCC3CCN(c4ccccc4)C3)cc12. The summed E-state index contributed by atoms with van der Waals surface area (Å²) in [4.78, 5) is 19.1. The average molecular weight is 335 g/mol. The number of anilines is 1.